The zero-order chi connectivity index (χ0) is 13.0. The Morgan fingerprint density at radius 2 is 1.89 bits per heavy atom. The van der Waals surface area contributed by atoms with E-state index in [1.54, 1.807) is 5.57 Å². The van der Waals surface area contributed by atoms with Crippen molar-refractivity contribution in [2.75, 3.05) is 13.1 Å². The summed E-state index contributed by atoms with van der Waals surface area (Å²) < 4.78 is 0. The molecule has 18 heavy (non-hydrogen) atoms. The summed E-state index contributed by atoms with van der Waals surface area (Å²) >= 11 is 0. The molecule has 0 unspecified atom stereocenters. The van der Waals surface area contributed by atoms with Gasteiger partial charge < -0.3 is 4.90 Å². The van der Waals surface area contributed by atoms with E-state index in [9.17, 15) is 0 Å². The molecule has 0 radical (unpaired) electrons. The molecule has 1 heteroatoms. The lowest BCUT2D eigenvalue weighted by atomic mass is 9.79. The number of nitrogens with zero attached hydrogens (tertiary/aromatic N) is 1. The van der Waals surface area contributed by atoms with E-state index >= 15 is 0 Å². The summed E-state index contributed by atoms with van der Waals surface area (Å²) in [4.78, 5) is 2.63. The second kappa shape index (κ2) is 6.75. The van der Waals surface area contributed by atoms with Crippen LogP contribution in [0.15, 0.2) is 11.6 Å². The Bertz CT molecular complexity index is 271. The van der Waals surface area contributed by atoms with Crippen LogP contribution in [0.2, 0.25) is 0 Å². The molecule has 1 fully saturated rings. The van der Waals surface area contributed by atoms with Gasteiger partial charge in [-0.2, -0.15) is 0 Å². The maximum Gasteiger partial charge on any atom is 0.00388 e. The summed E-state index contributed by atoms with van der Waals surface area (Å²) in [5.74, 6) is 1.99. The van der Waals surface area contributed by atoms with E-state index in [0.29, 0.717) is 6.04 Å². The molecule has 0 spiro atoms. The van der Waals surface area contributed by atoms with Crippen LogP contribution < -0.4 is 0 Å². The van der Waals surface area contributed by atoms with E-state index in [1.165, 1.54) is 58.0 Å². The first-order valence-electron chi connectivity index (χ1n) is 8.07. The van der Waals surface area contributed by atoms with Gasteiger partial charge in [0.05, 0.1) is 0 Å². The van der Waals surface area contributed by atoms with E-state index < -0.39 is 0 Å². The predicted octanol–water partition coefficient (Wildman–Crippen LogP) is 4.63. The summed E-state index contributed by atoms with van der Waals surface area (Å²) in [6, 6.07) is 0.716. The van der Waals surface area contributed by atoms with E-state index in [-0.39, 0.29) is 0 Å². The molecule has 0 amide bonds. The molecular weight excluding hydrogens is 218 g/mol. The maximum absolute atomic E-state index is 2.63. The molecule has 0 aromatic heterocycles. The normalized spacial score (nSPS) is 31.2. The van der Waals surface area contributed by atoms with Gasteiger partial charge in [-0.1, -0.05) is 31.4 Å². The van der Waals surface area contributed by atoms with Gasteiger partial charge in [0.1, 0.15) is 0 Å². The highest BCUT2D eigenvalue weighted by Crippen LogP contribution is 2.33. The van der Waals surface area contributed by atoms with Crippen molar-refractivity contribution in [1.29, 1.82) is 0 Å². The average Bonchev–Trinajstić information content (AvgIpc) is 2.58. The third-order valence-electron chi connectivity index (χ3n) is 4.99. The van der Waals surface area contributed by atoms with Gasteiger partial charge in [-0.3, -0.25) is 0 Å². The molecule has 0 aromatic rings. The summed E-state index contributed by atoms with van der Waals surface area (Å²) in [5.41, 5.74) is 1.76. The van der Waals surface area contributed by atoms with Crippen LogP contribution in [0.4, 0.5) is 0 Å². The van der Waals surface area contributed by atoms with Crippen LogP contribution >= 0.6 is 0 Å². The molecule has 0 aromatic carbocycles. The average molecular weight is 249 g/mol. The Hall–Kier alpha value is -0.300. The lowest BCUT2D eigenvalue weighted by Crippen LogP contribution is -2.31. The summed E-state index contributed by atoms with van der Waals surface area (Å²) in [7, 11) is 0. The van der Waals surface area contributed by atoms with E-state index in [2.05, 4.69) is 31.7 Å². The van der Waals surface area contributed by atoms with Crippen LogP contribution in [0.1, 0.15) is 65.7 Å². The number of hydrogen-bond donors (Lipinski definition) is 0. The first-order chi connectivity index (χ1) is 8.65. The largest absolute Gasteiger partial charge is 0.300 e. The van der Waals surface area contributed by atoms with Crippen LogP contribution in [0.5, 0.6) is 0 Å². The second-order valence-corrected chi connectivity index (χ2v) is 6.86. The molecule has 1 saturated carbocycles. The van der Waals surface area contributed by atoms with Gasteiger partial charge in [-0.05, 0) is 57.8 Å². The maximum atomic E-state index is 2.63. The van der Waals surface area contributed by atoms with Gasteiger partial charge in [0.15, 0.2) is 0 Å². The highest BCUT2D eigenvalue weighted by Gasteiger charge is 2.20. The third kappa shape index (κ3) is 4.12. The fourth-order valence-corrected chi connectivity index (χ4v) is 3.54. The SMILES string of the molecule is CC1CCC(CC2=CCCN(C(C)C)CC2)CC1. The Morgan fingerprint density at radius 1 is 1.17 bits per heavy atom. The fourth-order valence-electron chi connectivity index (χ4n) is 3.54. The Labute approximate surface area is 114 Å². The van der Waals surface area contributed by atoms with Crippen LogP contribution in [0.3, 0.4) is 0 Å². The summed E-state index contributed by atoms with van der Waals surface area (Å²) in [5, 5.41) is 0. The number of rotatable bonds is 3. The topological polar surface area (TPSA) is 3.24 Å². The van der Waals surface area contributed by atoms with Crippen molar-refractivity contribution in [3.8, 4) is 0 Å². The molecule has 0 N–H and O–H groups in total. The van der Waals surface area contributed by atoms with Crippen molar-refractivity contribution in [3.05, 3.63) is 11.6 Å². The first-order valence-corrected chi connectivity index (χ1v) is 8.07. The molecule has 0 bridgehead atoms. The van der Waals surface area contributed by atoms with Crippen molar-refractivity contribution < 1.29 is 0 Å². The molecule has 0 atom stereocenters. The highest BCUT2D eigenvalue weighted by molar-refractivity contribution is 5.06. The van der Waals surface area contributed by atoms with Gasteiger partial charge >= 0.3 is 0 Å². The molecule has 1 aliphatic carbocycles. The Morgan fingerprint density at radius 3 is 2.56 bits per heavy atom. The summed E-state index contributed by atoms with van der Waals surface area (Å²) in [6.45, 7) is 9.62. The van der Waals surface area contributed by atoms with Crippen LogP contribution in [-0.4, -0.2) is 24.0 Å². The Kier molecular flexibility index (Phi) is 5.29. The zero-order valence-corrected chi connectivity index (χ0v) is 12.6. The molecule has 2 rings (SSSR count). The molecule has 1 aliphatic heterocycles. The lowest BCUT2D eigenvalue weighted by molar-refractivity contribution is 0.231. The minimum atomic E-state index is 0.716. The smallest absolute Gasteiger partial charge is 0.00388 e. The standard InChI is InChI=1S/C17H31N/c1-14(2)18-11-4-5-16(10-12-18)13-17-8-6-15(3)7-9-17/h5,14-15,17H,4,6-13H2,1-3H3. The van der Waals surface area contributed by atoms with E-state index in [1.807, 2.05) is 0 Å². The predicted molar refractivity (Wildman–Crippen MR) is 79.8 cm³/mol. The van der Waals surface area contributed by atoms with Crippen LogP contribution in [0.25, 0.3) is 0 Å². The lowest BCUT2D eigenvalue weighted by Gasteiger charge is -2.27. The van der Waals surface area contributed by atoms with E-state index in [4.69, 9.17) is 0 Å². The minimum Gasteiger partial charge on any atom is -0.300 e. The minimum absolute atomic E-state index is 0.716. The van der Waals surface area contributed by atoms with Crippen molar-refractivity contribution in [3.63, 3.8) is 0 Å². The van der Waals surface area contributed by atoms with Gasteiger partial charge in [0.2, 0.25) is 0 Å². The molecule has 1 nitrogen and oxygen atoms in total. The van der Waals surface area contributed by atoms with Crippen LogP contribution in [0, 0.1) is 11.8 Å². The molecule has 2 aliphatic rings. The third-order valence-corrected chi connectivity index (χ3v) is 4.99. The van der Waals surface area contributed by atoms with E-state index in [0.717, 1.165) is 11.8 Å². The Balaban J connectivity index is 1.78. The molecular formula is C17H31N. The van der Waals surface area contributed by atoms with Gasteiger partial charge in [0, 0.05) is 19.1 Å². The van der Waals surface area contributed by atoms with Crippen molar-refractivity contribution in [1.82, 2.24) is 4.90 Å². The molecule has 1 heterocycles. The highest BCUT2D eigenvalue weighted by atomic mass is 15.1. The van der Waals surface area contributed by atoms with Gasteiger partial charge in [-0.25, -0.2) is 0 Å². The quantitative estimate of drug-likeness (QED) is 0.659. The molecule has 104 valence electrons. The first kappa shape index (κ1) is 14.1. The molecule has 0 saturated heterocycles. The van der Waals surface area contributed by atoms with Gasteiger partial charge in [0.25, 0.3) is 0 Å². The monoisotopic (exact) mass is 249 g/mol. The second-order valence-electron chi connectivity index (χ2n) is 6.86. The van der Waals surface area contributed by atoms with Gasteiger partial charge in [-0.15, -0.1) is 0 Å². The van der Waals surface area contributed by atoms with Crippen molar-refractivity contribution >= 4 is 0 Å². The number of hydrogen-bond acceptors (Lipinski definition) is 1. The van der Waals surface area contributed by atoms with Crippen molar-refractivity contribution in [2.24, 2.45) is 11.8 Å². The van der Waals surface area contributed by atoms with Crippen LogP contribution in [-0.2, 0) is 0 Å². The van der Waals surface area contributed by atoms with Crippen molar-refractivity contribution in [2.45, 2.75) is 71.8 Å². The zero-order valence-electron chi connectivity index (χ0n) is 12.6. The summed E-state index contributed by atoms with van der Waals surface area (Å²) in [6.07, 6.45) is 12.4. The fraction of sp³-hybridized carbons (Fsp3) is 0.882.